The van der Waals surface area contributed by atoms with Crippen LogP contribution in [0.3, 0.4) is 0 Å². The molecule has 5 rings (SSSR count). The highest BCUT2D eigenvalue weighted by atomic mass is 16.5. The fourth-order valence-corrected chi connectivity index (χ4v) is 2.98. The molecule has 1 fully saturated rings. The van der Waals surface area contributed by atoms with E-state index in [0.717, 1.165) is 34.7 Å². The van der Waals surface area contributed by atoms with Gasteiger partial charge >= 0.3 is 0 Å². The molecular weight excluding hydrogens is 330 g/mol. The quantitative estimate of drug-likeness (QED) is 0.593. The molecule has 1 aliphatic carbocycles. The zero-order valence-corrected chi connectivity index (χ0v) is 14.3. The Balaban J connectivity index is 1.53. The number of hydrogen-bond donors (Lipinski definition) is 1. The third-order valence-corrected chi connectivity index (χ3v) is 4.54. The van der Waals surface area contributed by atoms with Crippen molar-refractivity contribution in [1.82, 2.24) is 30.1 Å². The van der Waals surface area contributed by atoms with Crippen molar-refractivity contribution in [3.8, 4) is 23.0 Å². The van der Waals surface area contributed by atoms with Gasteiger partial charge in [-0.25, -0.2) is 4.98 Å². The molecule has 4 aromatic rings. The summed E-state index contributed by atoms with van der Waals surface area (Å²) in [5.74, 6) is 2.35. The minimum Gasteiger partial charge on any atom is -0.373 e. The summed E-state index contributed by atoms with van der Waals surface area (Å²) < 4.78 is 7.29. The number of anilines is 1. The Kier molecular flexibility index (Phi) is 3.41. The highest BCUT2D eigenvalue weighted by molar-refractivity contribution is 5.94. The van der Waals surface area contributed by atoms with Gasteiger partial charge in [-0.05, 0) is 30.9 Å². The van der Waals surface area contributed by atoms with Crippen LogP contribution in [0.15, 0.2) is 41.1 Å². The number of nitrogens with zero attached hydrogens (tertiary/aromatic N) is 6. The third-order valence-electron chi connectivity index (χ3n) is 4.54. The lowest BCUT2D eigenvalue weighted by Crippen LogP contribution is -1.99. The molecule has 0 amide bonds. The normalized spacial score (nSPS) is 14.0. The summed E-state index contributed by atoms with van der Waals surface area (Å²) in [5.41, 5.74) is 2.33. The molecular formula is C18H17N7O. The number of nitrogens with one attached hydrogen (secondary N) is 1. The Bertz CT molecular complexity index is 1080. The van der Waals surface area contributed by atoms with E-state index >= 15 is 0 Å². The molecule has 1 saturated carbocycles. The van der Waals surface area contributed by atoms with Gasteiger partial charge in [0.1, 0.15) is 5.82 Å². The second kappa shape index (κ2) is 5.91. The van der Waals surface area contributed by atoms with Gasteiger partial charge in [-0.2, -0.15) is 4.98 Å². The van der Waals surface area contributed by atoms with E-state index in [2.05, 4.69) is 30.8 Å². The number of pyridine rings is 1. The van der Waals surface area contributed by atoms with Gasteiger partial charge in [0.15, 0.2) is 5.69 Å². The van der Waals surface area contributed by atoms with E-state index in [4.69, 9.17) is 4.52 Å². The second-order valence-corrected chi connectivity index (χ2v) is 6.51. The van der Waals surface area contributed by atoms with Gasteiger partial charge in [0.2, 0.25) is 5.82 Å². The van der Waals surface area contributed by atoms with Crippen molar-refractivity contribution >= 4 is 16.7 Å². The monoisotopic (exact) mass is 347 g/mol. The maximum atomic E-state index is 5.44. The maximum absolute atomic E-state index is 5.44. The van der Waals surface area contributed by atoms with Crippen LogP contribution in [0.5, 0.6) is 0 Å². The summed E-state index contributed by atoms with van der Waals surface area (Å²) >= 11 is 0. The van der Waals surface area contributed by atoms with E-state index in [1.807, 2.05) is 48.3 Å². The topological polar surface area (TPSA) is 94.6 Å². The van der Waals surface area contributed by atoms with Crippen LogP contribution in [0.4, 0.5) is 5.82 Å². The number of benzene rings is 1. The fourth-order valence-electron chi connectivity index (χ4n) is 2.98. The zero-order valence-electron chi connectivity index (χ0n) is 14.3. The minimum atomic E-state index is 0.369. The van der Waals surface area contributed by atoms with Crippen LogP contribution < -0.4 is 5.32 Å². The highest BCUT2D eigenvalue weighted by Gasteiger charge is 2.23. The van der Waals surface area contributed by atoms with Gasteiger partial charge in [0.25, 0.3) is 5.89 Å². The first-order chi connectivity index (χ1) is 12.8. The van der Waals surface area contributed by atoms with Crippen molar-refractivity contribution in [2.75, 3.05) is 12.4 Å². The Morgan fingerprint density at radius 2 is 2.12 bits per heavy atom. The van der Waals surface area contributed by atoms with Crippen LogP contribution in [0.1, 0.15) is 12.8 Å². The Morgan fingerprint density at radius 3 is 2.96 bits per heavy atom. The SMILES string of the molecule is CNc1cc(-c2noc(-c3cn(CC4CC4)nn3)n2)c2ccccc2n1. The molecule has 0 unspecified atom stereocenters. The number of hydrogen-bond acceptors (Lipinski definition) is 7. The van der Waals surface area contributed by atoms with Crippen molar-refractivity contribution in [2.45, 2.75) is 19.4 Å². The van der Waals surface area contributed by atoms with Crippen molar-refractivity contribution in [1.29, 1.82) is 0 Å². The summed E-state index contributed by atoms with van der Waals surface area (Å²) in [6.07, 6.45) is 4.39. The average molecular weight is 347 g/mol. The summed E-state index contributed by atoms with van der Waals surface area (Å²) in [6.45, 7) is 0.897. The Morgan fingerprint density at radius 1 is 1.23 bits per heavy atom. The van der Waals surface area contributed by atoms with E-state index in [0.29, 0.717) is 17.4 Å². The van der Waals surface area contributed by atoms with Crippen LogP contribution in [0.2, 0.25) is 0 Å². The lowest BCUT2D eigenvalue weighted by molar-refractivity contribution is 0.431. The average Bonchev–Trinajstić information content (AvgIpc) is 3.16. The number of para-hydroxylation sites is 1. The molecule has 0 radical (unpaired) electrons. The molecule has 3 aromatic heterocycles. The Labute approximate surface area is 149 Å². The van der Waals surface area contributed by atoms with E-state index < -0.39 is 0 Å². The molecule has 1 aromatic carbocycles. The number of rotatable bonds is 5. The molecule has 1 N–H and O–H groups in total. The predicted molar refractivity (Wildman–Crippen MR) is 96.3 cm³/mol. The van der Waals surface area contributed by atoms with E-state index in [1.54, 1.807) is 0 Å². The summed E-state index contributed by atoms with van der Waals surface area (Å²) in [5, 5.41) is 16.5. The number of aromatic nitrogens is 6. The summed E-state index contributed by atoms with van der Waals surface area (Å²) in [4.78, 5) is 9.09. The molecule has 1 aliphatic rings. The predicted octanol–water partition coefficient (Wildman–Crippen LogP) is 3.00. The van der Waals surface area contributed by atoms with Crippen LogP contribution >= 0.6 is 0 Å². The third kappa shape index (κ3) is 2.69. The molecule has 3 heterocycles. The second-order valence-electron chi connectivity index (χ2n) is 6.51. The smallest absolute Gasteiger partial charge is 0.280 e. The highest BCUT2D eigenvalue weighted by Crippen LogP contribution is 2.31. The first-order valence-electron chi connectivity index (χ1n) is 8.62. The molecule has 0 bridgehead atoms. The van der Waals surface area contributed by atoms with Crippen LogP contribution in [0, 0.1) is 5.92 Å². The molecule has 0 aliphatic heterocycles. The van der Waals surface area contributed by atoms with Crippen molar-refractivity contribution < 1.29 is 4.52 Å². The standard InChI is InChI=1S/C18H17N7O/c1-19-16-8-13(12-4-2-3-5-14(12)20-16)17-21-18(26-23-17)15-10-25(24-22-15)9-11-6-7-11/h2-5,8,10-11H,6-7,9H2,1H3,(H,19,20). The van der Waals surface area contributed by atoms with Gasteiger partial charge < -0.3 is 9.84 Å². The molecule has 130 valence electrons. The molecule has 0 saturated heterocycles. The lowest BCUT2D eigenvalue weighted by atomic mass is 10.1. The van der Waals surface area contributed by atoms with Gasteiger partial charge in [0, 0.05) is 24.5 Å². The first kappa shape index (κ1) is 15.0. The first-order valence-corrected chi connectivity index (χ1v) is 8.62. The van der Waals surface area contributed by atoms with Gasteiger partial charge in [-0.15, -0.1) is 5.10 Å². The number of fused-ring (bicyclic) bond motifs is 1. The van der Waals surface area contributed by atoms with Crippen LogP contribution in [-0.2, 0) is 6.54 Å². The zero-order chi connectivity index (χ0) is 17.5. The van der Waals surface area contributed by atoms with E-state index in [-0.39, 0.29) is 0 Å². The molecule has 0 atom stereocenters. The maximum Gasteiger partial charge on any atom is 0.280 e. The van der Waals surface area contributed by atoms with E-state index in [9.17, 15) is 0 Å². The summed E-state index contributed by atoms with van der Waals surface area (Å²) in [7, 11) is 1.83. The minimum absolute atomic E-state index is 0.369. The van der Waals surface area contributed by atoms with Gasteiger partial charge in [0.05, 0.1) is 11.7 Å². The lowest BCUT2D eigenvalue weighted by Gasteiger charge is -2.06. The Hall–Kier alpha value is -3.29. The van der Waals surface area contributed by atoms with Gasteiger partial charge in [-0.1, -0.05) is 28.6 Å². The van der Waals surface area contributed by atoms with Gasteiger partial charge in [-0.3, -0.25) is 4.68 Å². The molecule has 8 heteroatoms. The van der Waals surface area contributed by atoms with Crippen molar-refractivity contribution in [3.05, 3.63) is 36.5 Å². The van der Waals surface area contributed by atoms with Crippen molar-refractivity contribution in [3.63, 3.8) is 0 Å². The van der Waals surface area contributed by atoms with Crippen molar-refractivity contribution in [2.24, 2.45) is 5.92 Å². The van der Waals surface area contributed by atoms with E-state index in [1.165, 1.54) is 12.8 Å². The fraction of sp³-hybridized carbons (Fsp3) is 0.278. The molecule has 26 heavy (non-hydrogen) atoms. The largest absolute Gasteiger partial charge is 0.373 e. The molecule has 0 spiro atoms. The summed E-state index contributed by atoms with van der Waals surface area (Å²) in [6, 6.07) is 9.81. The molecule has 8 nitrogen and oxygen atoms in total. The van der Waals surface area contributed by atoms with Crippen LogP contribution in [-0.4, -0.2) is 37.2 Å². The van der Waals surface area contributed by atoms with Crippen LogP contribution in [0.25, 0.3) is 33.9 Å².